The highest BCUT2D eigenvalue weighted by Crippen LogP contribution is 2.37. The number of carboxylic acid groups (broad SMARTS) is 2. The van der Waals surface area contributed by atoms with Gasteiger partial charge in [-0.25, -0.2) is 9.59 Å². The Morgan fingerprint density at radius 3 is 2.29 bits per heavy atom. The number of fused-ring (bicyclic) bond motifs is 2. The van der Waals surface area contributed by atoms with Gasteiger partial charge < -0.3 is 15.9 Å². The number of carbonyl (C=O) groups excluding carboxylic acids is 2. The van der Waals surface area contributed by atoms with Crippen LogP contribution in [0, 0.1) is 0 Å². The van der Waals surface area contributed by atoms with Crippen molar-refractivity contribution in [1.29, 1.82) is 0 Å². The van der Waals surface area contributed by atoms with Crippen LogP contribution in [0.4, 0.5) is 9.80 Å². The van der Waals surface area contributed by atoms with Crippen LogP contribution in [0.3, 0.4) is 0 Å². The molecule has 1 atom stereocenters. The van der Waals surface area contributed by atoms with Gasteiger partial charge in [0.25, 0.3) is 11.8 Å². The molecule has 9 nitrogen and oxygen atoms in total. The Balaban J connectivity index is 1.68. The topological polar surface area (TPSA) is 141 Å². The zero-order valence-electron chi connectivity index (χ0n) is 14.4. The Morgan fingerprint density at radius 1 is 1.14 bits per heavy atom. The fraction of sp³-hybridized carbons (Fsp3) is 0.222. The van der Waals surface area contributed by atoms with E-state index < -0.39 is 29.9 Å². The van der Waals surface area contributed by atoms with Gasteiger partial charge in [-0.05, 0) is 24.1 Å². The Bertz CT molecular complexity index is 1010. The van der Waals surface area contributed by atoms with Crippen molar-refractivity contribution in [3.63, 3.8) is 0 Å². The van der Waals surface area contributed by atoms with Crippen molar-refractivity contribution < 1.29 is 29.4 Å². The number of nitrogen functional groups attached to an aromatic ring is 1. The maximum absolute atomic E-state index is 12.6. The fourth-order valence-corrected chi connectivity index (χ4v) is 4.83. The summed E-state index contributed by atoms with van der Waals surface area (Å²) in [6.07, 6.45) is -1.15. The minimum absolute atomic E-state index is 0.0302. The van der Waals surface area contributed by atoms with Crippen LogP contribution in [0.2, 0.25) is 0 Å². The Morgan fingerprint density at radius 2 is 1.75 bits per heavy atom. The molecular weight excluding hydrogens is 386 g/mol. The number of nitrogens with two attached hydrogens (primary N) is 1. The molecular formula is C18H15N3O6S. The lowest BCUT2D eigenvalue weighted by Crippen LogP contribution is -2.50. The monoisotopic (exact) mass is 401 g/mol. The predicted molar refractivity (Wildman–Crippen MR) is 98.6 cm³/mol. The van der Waals surface area contributed by atoms with Gasteiger partial charge in [0.2, 0.25) is 0 Å². The van der Waals surface area contributed by atoms with Gasteiger partial charge in [-0.2, -0.15) is 0 Å². The Hall–Kier alpha value is -3.40. The largest absolute Gasteiger partial charge is 0.478 e. The Labute approximate surface area is 162 Å². The molecule has 0 saturated heterocycles. The van der Waals surface area contributed by atoms with E-state index in [2.05, 4.69) is 0 Å². The molecule has 1 unspecified atom stereocenters. The first-order chi connectivity index (χ1) is 13.3. The maximum Gasteiger partial charge on any atom is 0.407 e. The molecule has 0 bridgehead atoms. The molecule has 2 aliphatic rings. The third-order valence-electron chi connectivity index (χ3n) is 5.04. The molecule has 28 heavy (non-hydrogen) atoms. The van der Waals surface area contributed by atoms with E-state index in [1.54, 1.807) is 24.3 Å². The highest BCUT2D eigenvalue weighted by atomic mass is 32.1. The molecule has 0 aliphatic carbocycles. The molecule has 1 aromatic heterocycles. The van der Waals surface area contributed by atoms with Gasteiger partial charge in [0.15, 0.2) is 0 Å². The fourth-order valence-electron chi connectivity index (χ4n) is 3.74. The second kappa shape index (κ2) is 6.34. The molecule has 4 rings (SSSR count). The summed E-state index contributed by atoms with van der Waals surface area (Å²) in [6, 6.07) is 5.63. The lowest BCUT2D eigenvalue weighted by Gasteiger charge is -2.35. The van der Waals surface area contributed by atoms with Crippen molar-refractivity contribution in [2.75, 3.05) is 12.3 Å². The number of carboxylic acids is 1. The quantitative estimate of drug-likeness (QED) is 0.665. The van der Waals surface area contributed by atoms with E-state index in [0.29, 0.717) is 10.4 Å². The van der Waals surface area contributed by atoms with Crippen LogP contribution in [-0.2, 0) is 13.0 Å². The number of imide groups is 1. The van der Waals surface area contributed by atoms with Gasteiger partial charge in [0.05, 0.1) is 35.8 Å². The lowest BCUT2D eigenvalue weighted by atomic mass is 9.96. The van der Waals surface area contributed by atoms with Crippen LogP contribution >= 0.6 is 11.3 Å². The van der Waals surface area contributed by atoms with Crippen LogP contribution in [-0.4, -0.2) is 56.5 Å². The average Bonchev–Trinajstić information content (AvgIpc) is 3.09. The number of thiophene rings is 1. The molecule has 3 heterocycles. The van der Waals surface area contributed by atoms with E-state index in [1.165, 1.54) is 0 Å². The number of hydrogen-bond donors (Lipinski definition) is 3. The minimum Gasteiger partial charge on any atom is -0.478 e. The number of aromatic carboxylic acids is 1. The summed E-state index contributed by atoms with van der Waals surface area (Å²) in [7, 11) is 0. The number of amides is 3. The summed E-state index contributed by atoms with van der Waals surface area (Å²) in [4.78, 5) is 51.2. The van der Waals surface area contributed by atoms with Gasteiger partial charge in [-0.15, -0.1) is 11.3 Å². The van der Waals surface area contributed by atoms with Crippen LogP contribution in [0.1, 0.15) is 41.5 Å². The first-order valence-electron chi connectivity index (χ1n) is 8.37. The normalized spacial score (nSPS) is 18.2. The number of carbonyl (C=O) groups is 4. The third kappa shape index (κ3) is 2.61. The van der Waals surface area contributed by atoms with Crippen molar-refractivity contribution >= 4 is 40.2 Å². The first kappa shape index (κ1) is 18.0. The molecule has 0 spiro atoms. The van der Waals surface area contributed by atoms with E-state index in [1.807, 2.05) is 0 Å². The zero-order valence-corrected chi connectivity index (χ0v) is 15.2. The van der Waals surface area contributed by atoms with Crippen LogP contribution in [0.25, 0.3) is 0 Å². The second-order valence-electron chi connectivity index (χ2n) is 6.58. The van der Waals surface area contributed by atoms with Crippen LogP contribution in [0.5, 0.6) is 0 Å². The highest BCUT2D eigenvalue weighted by molar-refractivity contribution is 7.16. The summed E-state index contributed by atoms with van der Waals surface area (Å²) < 4.78 is 0. The van der Waals surface area contributed by atoms with E-state index in [0.717, 1.165) is 21.1 Å². The number of rotatable bonds is 3. The van der Waals surface area contributed by atoms with E-state index in [4.69, 9.17) is 5.73 Å². The van der Waals surface area contributed by atoms with Crippen molar-refractivity contribution in [2.45, 2.75) is 19.0 Å². The smallest absolute Gasteiger partial charge is 0.407 e. The molecule has 10 heteroatoms. The van der Waals surface area contributed by atoms with Crippen LogP contribution in [0.15, 0.2) is 24.3 Å². The average molecular weight is 401 g/mol. The molecule has 0 saturated carbocycles. The second-order valence-corrected chi connectivity index (χ2v) is 7.72. The van der Waals surface area contributed by atoms with Gasteiger partial charge in [0.1, 0.15) is 5.00 Å². The summed E-state index contributed by atoms with van der Waals surface area (Å²) >= 11 is 1.05. The summed E-state index contributed by atoms with van der Waals surface area (Å²) in [5.74, 6) is -2.15. The number of hydrogen-bond acceptors (Lipinski definition) is 6. The lowest BCUT2D eigenvalue weighted by molar-refractivity contribution is 0.0558. The molecule has 2 aliphatic heterocycles. The van der Waals surface area contributed by atoms with Crippen molar-refractivity contribution in [2.24, 2.45) is 0 Å². The number of anilines is 1. The zero-order chi connectivity index (χ0) is 20.2. The molecule has 4 N–H and O–H groups in total. The molecule has 0 fully saturated rings. The highest BCUT2D eigenvalue weighted by Gasteiger charge is 2.41. The van der Waals surface area contributed by atoms with E-state index in [9.17, 15) is 29.4 Å². The number of nitrogens with zero attached hydrogens (tertiary/aromatic N) is 2. The Kier molecular flexibility index (Phi) is 4.07. The molecule has 2 aromatic rings. The van der Waals surface area contributed by atoms with Gasteiger partial charge in [-0.1, -0.05) is 12.1 Å². The van der Waals surface area contributed by atoms with Gasteiger partial charge >= 0.3 is 12.1 Å². The first-order valence-corrected chi connectivity index (χ1v) is 9.19. The van der Waals surface area contributed by atoms with E-state index >= 15 is 0 Å². The summed E-state index contributed by atoms with van der Waals surface area (Å²) in [5, 5.41) is 19.1. The van der Waals surface area contributed by atoms with Gasteiger partial charge in [0, 0.05) is 4.88 Å². The molecule has 144 valence electrons. The molecule has 0 radical (unpaired) electrons. The standard InChI is InChI=1S/C18H15N3O6S/c19-14-13(17(24)25)11-5-8(20(18(26)27)7-12(11)28-14)6-21-15(22)9-3-1-2-4-10(9)16(21)23/h1-4,8H,5-7,19H2,(H,24,25)(H,26,27). The SMILES string of the molecule is Nc1sc2c(c1C(=O)O)CC(CN1C(=O)c3ccccc3C1=O)N(C(=O)O)C2. The maximum atomic E-state index is 12.6. The van der Waals surface area contributed by atoms with Crippen molar-refractivity contribution in [3.8, 4) is 0 Å². The van der Waals surface area contributed by atoms with Crippen molar-refractivity contribution in [1.82, 2.24) is 9.80 Å². The van der Waals surface area contributed by atoms with E-state index in [-0.39, 0.29) is 41.2 Å². The number of benzene rings is 1. The van der Waals surface area contributed by atoms with Gasteiger partial charge in [-0.3, -0.25) is 19.4 Å². The summed E-state index contributed by atoms with van der Waals surface area (Å²) in [6.45, 7) is -0.201. The summed E-state index contributed by atoms with van der Waals surface area (Å²) in [5.41, 5.74) is 6.79. The van der Waals surface area contributed by atoms with Crippen molar-refractivity contribution in [3.05, 3.63) is 51.4 Å². The molecule has 1 aromatic carbocycles. The third-order valence-corrected chi connectivity index (χ3v) is 6.09. The predicted octanol–water partition coefficient (Wildman–Crippen LogP) is 1.73. The molecule has 3 amide bonds. The van der Waals surface area contributed by atoms with Crippen LogP contribution < -0.4 is 5.73 Å². The minimum atomic E-state index is -1.21.